The van der Waals surface area contributed by atoms with E-state index in [4.69, 9.17) is 23.2 Å². The molecule has 0 aliphatic carbocycles. The van der Waals surface area contributed by atoms with E-state index < -0.39 is 10.0 Å². The van der Waals surface area contributed by atoms with Crippen LogP contribution in [0.2, 0.25) is 10.2 Å². The van der Waals surface area contributed by atoms with Crippen molar-refractivity contribution in [3.8, 4) is 5.75 Å². The molecule has 0 saturated carbocycles. The summed E-state index contributed by atoms with van der Waals surface area (Å²) in [5, 5.41) is 9.35. The standard InChI is InChI=1S/C13H12Cl2N2O3S/c1-17(8-9-2-4-10(18)5-3-9)21(19,20)11-6-12(14)13(15)16-7-11/h2-7,18H,8H2,1H3. The van der Waals surface area contributed by atoms with Gasteiger partial charge >= 0.3 is 0 Å². The zero-order chi connectivity index (χ0) is 15.6. The van der Waals surface area contributed by atoms with E-state index in [9.17, 15) is 13.5 Å². The number of sulfonamides is 1. The van der Waals surface area contributed by atoms with Crippen LogP contribution >= 0.6 is 23.2 Å². The second-order valence-electron chi connectivity index (χ2n) is 4.37. The molecular weight excluding hydrogens is 335 g/mol. The molecule has 0 spiro atoms. The number of phenols is 1. The maximum Gasteiger partial charge on any atom is 0.244 e. The lowest BCUT2D eigenvalue weighted by Crippen LogP contribution is -2.26. The van der Waals surface area contributed by atoms with Crippen LogP contribution in [-0.4, -0.2) is 29.9 Å². The SMILES string of the molecule is CN(Cc1ccc(O)cc1)S(=O)(=O)c1cnc(Cl)c(Cl)c1. The molecule has 0 atom stereocenters. The molecule has 0 bridgehead atoms. The molecule has 1 aromatic heterocycles. The number of benzene rings is 1. The Balaban J connectivity index is 2.25. The van der Waals surface area contributed by atoms with Crippen molar-refractivity contribution in [2.24, 2.45) is 0 Å². The van der Waals surface area contributed by atoms with Gasteiger partial charge in [-0.15, -0.1) is 0 Å². The number of rotatable bonds is 4. The van der Waals surface area contributed by atoms with Crippen LogP contribution in [0.1, 0.15) is 5.56 Å². The lowest BCUT2D eigenvalue weighted by atomic mass is 10.2. The van der Waals surface area contributed by atoms with Gasteiger partial charge in [0.2, 0.25) is 10.0 Å². The van der Waals surface area contributed by atoms with E-state index in [0.29, 0.717) is 0 Å². The molecule has 1 aromatic carbocycles. The highest BCUT2D eigenvalue weighted by Crippen LogP contribution is 2.24. The van der Waals surface area contributed by atoms with Crippen molar-refractivity contribution in [3.05, 3.63) is 52.3 Å². The van der Waals surface area contributed by atoms with Crippen LogP contribution in [0.3, 0.4) is 0 Å². The number of pyridine rings is 1. The summed E-state index contributed by atoms with van der Waals surface area (Å²) in [5.41, 5.74) is 0.742. The molecule has 2 rings (SSSR count). The van der Waals surface area contributed by atoms with E-state index in [0.717, 1.165) is 11.8 Å². The molecule has 0 radical (unpaired) electrons. The lowest BCUT2D eigenvalue weighted by molar-refractivity contribution is 0.463. The second kappa shape index (κ2) is 6.19. The fourth-order valence-electron chi connectivity index (χ4n) is 1.67. The van der Waals surface area contributed by atoms with Gasteiger partial charge < -0.3 is 5.11 Å². The quantitative estimate of drug-likeness (QED) is 0.864. The van der Waals surface area contributed by atoms with Gasteiger partial charge in [-0.1, -0.05) is 35.3 Å². The average molecular weight is 347 g/mol. The number of halogens is 2. The first-order chi connectivity index (χ1) is 9.80. The molecule has 0 unspecified atom stereocenters. The third-order valence-electron chi connectivity index (χ3n) is 2.82. The molecule has 2 aromatic rings. The van der Waals surface area contributed by atoms with Gasteiger partial charge in [0.05, 0.1) is 5.02 Å². The zero-order valence-electron chi connectivity index (χ0n) is 11.0. The van der Waals surface area contributed by atoms with Gasteiger partial charge in [0, 0.05) is 19.8 Å². The first-order valence-electron chi connectivity index (χ1n) is 5.86. The van der Waals surface area contributed by atoms with Crippen molar-refractivity contribution < 1.29 is 13.5 Å². The molecule has 112 valence electrons. The summed E-state index contributed by atoms with van der Waals surface area (Å²) in [6.07, 6.45) is 1.16. The Morgan fingerprint density at radius 2 is 1.86 bits per heavy atom. The highest BCUT2D eigenvalue weighted by Gasteiger charge is 2.22. The minimum absolute atomic E-state index is 0.0295. The van der Waals surface area contributed by atoms with Crippen LogP contribution in [0.5, 0.6) is 5.75 Å². The Morgan fingerprint density at radius 1 is 1.24 bits per heavy atom. The third kappa shape index (κ3) is 3.65. The van der Waals surface area contributed by atoms with Gasteiger partial charge in [-0.3, -0.25) is 0 Å². The van der Waals surface area contributed by atoms with E-state index in [1.54, 1.807) is 12.1 Å². The van der Waals surface area contributed by atoms with Crippen molar-refractivity contribution in [1.82, 2.24) is 9.29 Å². The number of aromatic hydroxyl groups is 1. The first kappa shape index (κ1) is 16.0. The smallest absolute Gasteiger partial charge is 0.244 e. The monoisotopic (exact) mass is 346 g/mol. The lowest BCUT2D eigenvalue weighted by Gasteiger charge is -2.17. The average Bonchev–Trinajstić information content (AvgIpc) is 2.44. The van der Waals surface area contributed by atoms with E-state index in [1.165, 1.54) is 29.6 Å². The number of phenolic OH excluding ortho intramolecular Hbond substituents is 1. The van der Waals surface area contributed by atoms with Crippen LogP contribution in [0, 0.1) is 0 Å². The molecule has 0 aliphatic heterocycles. The van der Waals surface area contributed by atoms with Crippen molar-refractivity contribution in [2.75, 3.05) is 7.05 Å². The topological polar surface area (TPSA) is 70.5 Å². The number of hydrogen-bond donors (Lipinski definition) is 1. The van der Waals surface area contributed by atoms with Gasteiger partial charge in [-0.25, -0.2) is 13.4 Å². The Hall–Kier alpha value is -1.34. The Kier molecular flexibility index (Phi) is 4.73. The number of hydrogen-bond acceptors (Lipinski definition) is 4. The summed E-state index contributed by atoms with van der Waals surface area (Å²) in [7, 11) is -2.27. The van der Waals surface area contributed by atoms with Crippen molar-refractivity contribution in [3.63, 3.8) is 0 Å². The molecule has 0 saturated heterocycles. The molecule has 1 N–H and O–H groups in total. The number of aromatic nitrogens is 1. The highest BCUT2D eigenvalue weighted by molar-refractivity contribution is 7.89. The fraction of sp³-hybridized carbons (Fsp3) is 0.154. The van der Waals surface area contributed by atoms with Gasteiger partial charge in [0.1, 0.15) is 15.8 Å². The predicted molar refractivity (Wildman–Crippen MR) is 81.0 cm³/mol. The zero-order valence-corrected chi connectivity index (χ0v) is 13.3. The van der Waals surface area contributed by atoms with Crippen LogP contribution in [0.25, 0.3) is 0 Å². The Labute approximate surface area is 132 Å². The van der Waals surface area contributed by atoms with Gasteiger partial charge in [-0.05, 0) is 23.8 Å². The summed E-state index contributed by atoms with van der Waals surface area (Å²) in [6.45, 7) is 0.156. The summed E-state index contributed by atoms with van der Waals surface area (Å²) in [5.74, 6) is 0.123. The molecule has 0 aliphatic rings. The second-order valence-corrected chi connectivity index (χ2v) is 7.18. The fourth-order valence-corrected chi connectivity index (χ4v) is 3.13. The van der Waals surface area contributed by atoms with Crippen LogP contribution < -0.4 is 0 Å². The molecular formula is C13H12Cl2N2O3S. The Morgan fingerprint density at radius 3 is 2.43 bits per heavy atom. The Bertz CT molecular complexity index is 749. The van der Waals surface area contributed by atoms with Crippen molar-refractivity contribution in [1.29, 1.82) is 0 Å². The minimum Gasteiger partial charge on any atom is -0.508 e. The van der Waals surface area contributed by atoms with Crippen LogP contribution in [0.15, 0.2) is 41.4 Å². The summed E-state index contributed by atoms with van der Waals surface area (Å²) < 4.78 is 26.0. The van der Waals surface area contributed by atoms with Gasteiger partial charge in [0.15, 0.2) is 0 Å². The first-order valence-corrected chi connectivity index (χ1v) is 8.05. The van der Waals surface area contributed by atoms with Gasteiger partial charge in [0.25, 0.3) is 0 Å². The van der Waals surface area contributed by atoms with Crippen molar-refractivity contribution >= 4 is 33.2 Å². The largest absolute Gasteiger partial charge is 0.508 e. The van der Waals surface area contributed by atoms with E-state index in [1.807, 2.05) is 0 Å². The number of nitrogens with zero attached hydrogens (tertiary/aromatic N) is 2. The van der Waals surface area contributed by atoms with Crippen LogP contribution in [-0.2, 0) is 16.6 Å². The van der Waals surface area contributed by atoms with Crippen molar-refractivity contribution in [2.45, 2.75) is 11.4 Å². The highest BCUT2D eigenvalue weighted by atomic mass is 35.5. The third-order valence-corrected chi connectivity index (χ3v) is 5.28. The molecule has 21 heavy (non-hydrogen) atoms. The molecule has 5 nitrogen and oxygen atoms in total. The van der Waals surface area contributed by atoms with E-state index in [2.05, 4.69) is 4.98 Å². The van der Waals surface area contributed by atoms with E-state index >= 15 is 0 Å². The molecule has 0 fully saturated rings. The maximum atomic E-state index is 12.4. The van der Waals surface area contributed by atoms with E-state index in [-0.39, 0.29) is 27.4 Å². The minimum atomic E-state index is -3.72. The molecule has 8 heteroatoms. The normalized spacial score (nSPS) is 11.8. The predicted octanol–water partition coefficient (Wildman–Crippen LogP) is 2.91. The van der Waals surface area contributed by atoms with Gasteiger partial charge in [-0.2, -0.15) is 4.31 Å². The maximum absolute atomic E-state index is 12.4. The summed E-state index contributed by atoms with van der Waals surface area (Å²) in [4.78, 5) is 3.71. The molecule has 1 heterocycles. The summed E-state index contributed by atoms with van der Waals surface area (Å²) in [6, 6.07) is 7.55. The summed E-state index contributed by atoms with van der Waals surface area (Å²) >= 11 is 11.5. The molecule has 0 amide bonds. The van der Waals surface area contributed by atoms with Crippen LogP contribution in [0.4, 0.5) is 0 Å².